The van der Waals surface area contributed by atoms with Crippen molar-refractivity contribution in [2.75, 3.05) is 6.61 Å². The fourth-order valence-electron chi connectivity index (χ4n) is 3.16. The van der Waals surface area contributed by atoms with Crippen molar-refractivity contribution in [3.05, 3.63) is 68.0 Å². The predicted octanol–water partition coefficient (Wildman–Crippen LogP) is 5.25. The third-order valence-electron chi connectivity index (χ3n) is 4.99. The number of nitrogens with one attached hydrogen (secondary N) is 1. The Balaban J connectivity index is 1.77. The molecule has 1 N–H and O–H groups in total. The summed E-state index contributed by atoms with van der Waals surface area (Å²) in [6, 6.07) is 10.7. The zero-order valence-electron chi connectivity index (χ0n) is 17.2. The molecular weight excluding hydrogens is 400 g/mol. The van der Waals surface area contributed by atoms with E-state index in [1.165, 1.54) is 25.8 Å². The van der Waals surface area contributed by atoms with Gasteiger partial charge in [0.1, 0.15) is 17.7 Å². The molecule has 4 rings (SSSR count). The molecule has 5 nitrogen and oxygen atoms in total. The Bertz CT molecular complexity index is 1090. The van der Waals surface area contributed by atoms with Crippen LogP contribution in [0, 0.1) is 34.6 Å². The van der Waals surface area contributed by atoms with E-state index in [4.69, 9.17) is 9.83 Å². The number of rotatable bonds is 4. The molecule has 0 amide bonds. The third kappa shape index (κ3) is 4.22. The molecule has 3 aromatic rings. The molecule has 7 heteroatoms. The fraction of sp³-hybridized carbons (Fsp3) is 0.318. The Kier molecular flexibility index (Phi) is 5.72. The van der Waals surface area contributed by atoms with Crippen LogP contribution in [0.5, 0.6) is 0 Å². The average molecular weight is 425 g/mol. The zero-order chi connectivity index (χ0) is 20.5. The number of aryl methyl sites for hydroxylation is 4. The summed E-state index contributed by atoms with van der Waals surface area (Å²) < 4.78 is 0. The molecule has 0 spiro atoms. The Morgan fingerprint density at radius 1 is 1.07 bits per heavy atom. The van der Waals surface area contributed by atoms with Crippen LogP contribution in [0.15, 0.2) is 45.2 Å². The predicted molar refractivity (Wildman–Crippen MR) is 119 cm³/mol. The number of aliphatic imine (C=N–C) groups is 1. The normalized spacial score (nSPS) is 16.4. The highest BCUT2D eigenvalue weighted by Gasteiger charge is 2.25. The maximum Gasteiger partial charge on any atom is 0.156 e. The van der Waals surface area contributed by atoms with Crippen molar-refractivity contribution in [2.24, 2.45) is 4.99 Å². The Hall–Kier alpha value is -2.22. The van der Waals surface area contributed by atoms with Crippen molar-refractivity contribution in [2.45, 2.75) is 50.6 Å². The molecule has 0 unspecified atom stereocenters. The van der Waals surface area contributed by atoms with Crippen molar-refractivity contribution >= 4 is 28.9 Å². The number of hydrogen-bond donors (Lipinski definition) is 1. The van der Waals surface area contributed by atoms with Crippen molar-refractivity contribution < 1.29 is 4.84 Å². The maximum absolute atomic E-state index is 5.72. The van der Waals surface area contributed by atoms with Crippen molar-refractivity contribution in [1.29, 1.82) is 0 Å². The molecule has 0 aliphatic carbocycles. The van der Waals surface area contributed by atoms with Crippen LogP contribution in [0.4, 0.5) is 0 Å². The van der Waals surface area contributed by atoms with Gasteiger partial charge in [-0.05, 0) is 69.5 Å². The van der Waals surface area contributed by atoms with Crippen LogP contribution in [-0.4, -0.2) is 22.6 Å². The summed E-state index contributed by atoms with van der Waals surface area (Å²) in [6.45, 7) is 10.9. The fourth-order valence-corrected chi connectivity index (χ4v) is 5.18. The van der Waals surface area contributed by atoms with E-state index in [0.717, 1.165) is 27.7 Å². The van der Waals surface area contributed by atoms with Gasteiger partial charge in [-0.25, -0.2) is 5.48 Å². The van der Waals surface area contributed by atoms with Crippen LogP contribution >= 0.6 is 23.1 Å². The van der Waals surface area contributed by atoms with E-state index in [2.05, 4.69) is 73.7 Å². The SMILES string of the molecule is Cc1ccc(C)c(Sc2nnc(C)c(C)c2C2=N[C@@H](c3ccc(C)s3)CON2)c1. The monoisotopic (exact) mass is 424 g/mol. The van der Waals surface area contributed by atoms with Gasteiger partial charge in [0.25, 0.3) is 0 Å². The van der Waals surface area contributed by atoms with Gasteiger partial charge in [-0.15, -0.1) is 16.4 Å². The molecule has 1 aliphatic heterocycles. The topological polar surface area (TPSA) is 59.4 Å². The molecule has 29 heavy (non-hydrogen) atoms. The third-order valence-corrected chi connectivity index (χ3v) is 7.23. The molecule has 1 atom stereocenters. The summed E-state index contributed by atoms with van der Waals surface area (Å²) in [4.78, 5) is 14.4. The quantitative estimate of drug-likeness (QED) is 0.619. The van der Waals surface area contributed by atoms with Gasteiger partial charge in [0.15, 0.2) is 5.84 Å². The Morgan fingerprint density at radius 2 is 1.90 bits per heavy atom. The lowest BCUT2D eigenvalue weighted by molar-refractivity contribution is 0.0627. The average Bonchev–Trinajstić information content (AvgIpc) is 3.14. The van der Waals surface area contributed by atoms with Gasteiger partial charge in [-0.3, -0.25) is 9.83 Å². The molecule has 0 radical (unpaired) electrons. The summed E-state index contributed by atoms with van der Waals surface area (Å²) in [5.74, 6) is 0.718. The van der Waals surface area contributed by atoms with Gasteiger partial charge in [-0.1, -0.05) is 23.9 Å². The van der Waals surface area contributed by atoms with Crippen LogP contribution in [0.2, 0.25) is 0 Å². The van der Waals surface area contributed by atoms with Crippen LogP contribution in [0.25, 0.3) is 0 Å². The maximum atomic E-state index is 5.72. The van der Waals surface area contributed by atoms with Crippen LogP contribution in [0.1, 0.15) is 43.7 Å². The second-order valence-electron chi connectivity index (χ2n) is 7.32. The lowest BCUT2D eigenvalue weighted by Gasteiger charge is -2.23. The number of nitrogens with zero attached hydrogens (tertiary/aromatic N) is 3. The lowest BCUT2D eigenvalue weighted by Crippen LogP contribution is -2.33. The first-order chi connectivity index (χ1) is 13.9. The molecule has 1 aliphatic rings. The molecule has 1 aromatic carbocycles. The van der Waals surface area contributed by atoms with Crippen molar-refractivity contribution in [1.82, 2.24) is 15.7 Å². The van der Waals surface area contributed by atoms with Gasteiger partial charge >= 0.3 is 0 Å². The molecule has 0 fully saturated rings. The zero-order valence-corrected chi connectivity index (χ0v) is 18.9. The van der Waals surface area contributed by atoms with E-state index in [1.54, 1.807) is 23.1 Å². The summed E-state index contributed by atoms with van der Waals surface area (Å²) in [5.41, 5.74) is 8.39. The summed E-state index contributed by atoms with van der Waals surface area (Å²) >= 11 is 3.39. The number of hydroxylamine groups is 1. The van der Waals surface area contributed by atoms with Gasteiger partial charge in [0.2, 0.25) is 0 Å². The minimum absolute atomic E-state index is 0.0172. The molecule has 0 saturated heterocycles. The minimum atomic E-state index is -0.0172. The Morgan fingerprint density at radius 3 is 2.66 bits per heavy atom. The van der Waals surface area contributed by atoms with E-state index in [1.807, 2.05) is 6.92 Å². The number of amidine groups is 1. The van der Waals surface area contributed by atoms with E-state index in [0.29, 0.717) is 6.61 Å². The molecule has 3 heterocycles. The van der Waals surface area contributed by atoms with Crippen LogP contribution < -0.4 is 5.48 Å². The van der Waals surface area contributed by atoms with Gasteiger partial charge in [-0.2, -0.15) is 5.10 Å². The minimum Gasteiger partial charge on any atom is -0.272 e. The van der Waals surface area contributed by atoms with Crippen molar-refractivity contribution in [3.8, 4) is 0 Å². The van der Waals surface area contributed by atoms with Gasteiger partial charge in [0, 0.05) is 14.6 Å². The van der Waals surface area contributed by atoms with Crippen LogP contribution in [0.3, 0.4) is 0 Å². The largest absolute Gasteiger partial charge is 0.272 e. The second kappa shape index (κ2) is 8.26. The molecule has 0 bridgehead atoms. The number of hydrogen-bond acceptors (Lipinski definition) is 7. The van der Waals surface area contributed by atoms with E-state index >= 15 is 0 Å². The first-order valence-electron chi connectivity index (χ1n) is 9.53. The first-order valence-corrected chi connectivity index (χ1v) is 11.2. The molecular formula is C22H24N4OS2. The highest BCUT2D eigenvalue weighted by atomic mass is 32.2. The highest BCUT2D eigenvalue weighted by Crippen LogP contribution is 2.35. The second-order valence-corrected chi connectivity index (χ2v) is 9.67. The van der Waals surface area contributed by atoms with E-state index < -0.39 is 0 Å². The smallest absolute Gasteiger partial charge is 0.156 e. The van der Waals surface area contributed by atoms with Crippen molar-refractivity contribution in [3.63, 3.8) is 0 Å². The summed E-state index contributed by atoms with van der Waals surface area (Å²) in [7, 11) is 0. The number of thiophene rings is 1. The standard InChI is InChI=1S/C22H24N4OS2/c1-12-6-7-13(2)19(10-12)29-22-20(15(4)16(5)24-25-22)21-23-17(11-27-26-21)18-9-8-14(3)28-18/h6-10,17H,11H2,1-5H3,(H,23,26)/t17-/m1/s1. The summed E-state index contributed by atoms with van der Waals surface area (Å²) in [5, 5.41) is 9.72. The molecule has 2 aromatic heterocycles. The van der Waals surface area contributed by atoms with E-state index in [-0.39, 0.29) is 6.04 Å². The first kappa shape index (κ1) is 20.1. The lowest BCUT2D eigenvalue weighted by atomic mass is 10.1. The van der Waals surface area contributed by atoms with Gasteiger partial charge in [0.05, 0.1) is 11.3 Å². The Labute approximate surface area is 179 Å². The highest BCUT2D eigenvalue weighted by molar-refractivity contribution is 7.99. The van der Waals surface area contributed by atoms with E-state index in [9.17, 15) is 0 Å². The number of benzene rings is 1. The number of aromatic nitrogens is 2. The summed E-state index contributed by atoms with van der Waals surface area (Å²) in [6.07, 6.45) is 0. The molecule has 0 saturated carbocycles. The molecule has 150 valence electrons. The van der Waals surface area contributed by atoms with Crippen LogP contribution in [-0.2, 0) is 4.84 Å². The van der Waals surface area contributed by atoms with Gasteiger partial charge < -0.3 is 0 Å².